The van der Waals surface area contributed by atoms with E-state index < -0.39 is 0 Å². The number of methoxy groups -OCH3 is 2. The molecule has 2 fully saturated rings. The van der Waals surface area contributed by atoms with Crippen molar-refractivity contribution >= 4 is 63.4 Å². The SMILES string of the molecule is COc1c(Nc2cc(Cl)ncc2C(=O)C2CC2)cccc1-c1ncn(C)n1.COc1c(Nc2cc(Nc3cc(C)ncn3)ncc2C(=O)C2CC2)cccc1-c1ncn(C)n1.Cc1cc(N)ncn1. The van der Waals surface area contributed by atoms with Crippen molar-refractivity contribution in [2.75, 3.05) is 35.9 Å². The Morgan fingerprint density at radius 3 is 1.55 bits per heavy atom. The third kappa shape index (κ3) is 11.8. The number of nitrogens with zero attached hydrogens (tertiary/aromatic N) is 12. The molecule has 6 heterocycles. The van der Waals surface area contributed by atoms with Gasteiger partial charge in [-0.25, -0.2) is 39.9 Å². The highest BCUT2D eigenvalue weighted by Crippen LogP contribution is 2.41. The highest BCUT2D eigenvalue weighted by atomic mass is 35.5. The number of hydrogen-bond acceptors (Lipinski definition) is 18. The van der Waals surface area contributed by atoms with Crippen LogP contribution in [0.5, 0.6) is 11.5 Å². The van der Waals surface area contributed by atoms with Gasteiger partial charge < -0.3 is 31.2 Å². The molecule has 69 heavy (non-hydrogen) atoms. The number of ether oxygens (including phenoxy) is 2. The number of aromatic nitrogens is 12. The fraction of sp³-hybridized carbons (Fsp3) is 0.250. The van der Waals surface area contributed by atoms with Crippen molar-refractivity contribution in [1.82, 2.24) is 59.4 Å². The molecule has 0 aliphatic heterocycles. The van der Waals surface area contributed by atoms with Gasteiger partial charge in [-0.3, -0.25) is 19.0 Å². The first kappa shape index (κ1) is 47.1. The molecule has 2 saturated carbocycles. The lowest BCUT2D eigenvalue weighted by Gasteiger charge is -2.17. The van der Waals surface area contributed by atoms with Crippen LogP contribution in [-0.4, -0.2) is 85.2 Å². The van der Waals surface area contributed by atoms with Crippen molar-refractivity contribution in [2.24, 2.45) is 25.9 Å². The number of rotatable bonds is 14. The van der Waals surface area contributed by atoms with Gasteiger partial charge in [0.05, 0.1) is 59.2 Å². The highest BCUT2D eigenvalue weighted by Gasteiger charge is 2.33. The minimum absolute atomic E-state index is 0.0524. The number of anilines is 7. The molecule has 0 saturated heterocycles. The Balaban J connectivity index is 0.000000163. The molecule has 2 aliphatic rings. The molecule has 10 rings (SSSR count). The fourth-order valence-electron chi connectivity index (χ4n) is 7.09. The maximum absolute atomic E-state index is 13.0. The molecule has 0 amide bonds. The van der Waals surface area contributed by atoms with E-state index in [-0.39, 0.29) is 23.4 Å². The summed E-state index contributed by atoms with van der Waals surface area (Å²) in [6.45, 7) is 3.76. The van der Waals surface area contributed by atoms with E-state index in [1.807, 2.05) is 63.4 Å². The normalized spacial score (nSPS) is 12.7. The largest absolute Gasteiger partial charge is 0.494 e. The first-order chi connectivity index (χ1) is 33.4. The quantitative estimate of drug-likeness (QED) is 0.0590. The topological polar surface area (TPSA) is 253 Å². The molecule has 0 radical (unpaired) electrons. The number of carbonyl (C=O) groups is 2. The van der Waals surface area contributed by atoms with Gasteiger partial charge >= 0.3 is 0 Å². The Labute approximate surface area is 402 Å². The van der Waals surface area contributed by atoms with Gasteiger partial charge in [0.2, 0.25) is 0 Å². The fourth-order valence-corrected chi connectivity index (χ4v) is 7.25. The Morgan fingerprint density at radius 2 is 1.10 bits per heavy atom. The number of nitrogens with one attached hydrogen (secondary N) is 3. The summed E-state index contributed by atoms with van der Waals surface area (Å²) in [6.07, 6.45) is 13.0. The Hall–Kier alpha value is -8.39. The number of aryl methyl sites for hydroxylation is 4. The zero-order valence-electron chi connectivity index (χ0n) is 38.7. The summed E-state index contributed by atoms with van der Waals surface area (Å²) in [7, 11) is 6.80. The van der Waals surface area contributed by atoms with E-state index in [2.05, 4.69) is 66.0 Å². The van der Waals surface area contributed by atoms with E-state index in [1.54, 1.807) is 67.7 Å². The second kappa shape index (κ2) is 21.1. The number of pyridine rings is 2. The van der Waals surface area contributed by atoms with Crippen LogP contribution in [-0.2, 0) is 14.1 Å². The van der Waals surface area contributed by atoms with Gasteiger partial charge in [-0.15, -0.1) is 0 Å². The lowest BCUT2D eigenvalue weighted by Crippen LogP contribution is -2.09. The minimum atomic E-state index is 0.0524. The summed E-state index contributed by atoms with van der Waals surface area (Å²) >= 11 is 6.07. The predicted octanol–water partition coefficient (Wildman–Crippen LogP) is 8.31. The molecular weight excluding hydrogens is 900 g/mol. The van der Waals surface area contributed by atoms with Crippen LogP contribution in [0.15, 0.2) is 98.4 Å². The first-order valence-electron chi connectivity index (χ1n) is 21.8. The van der Waals surface area contributed by atoms with Gasteiger partial charge in [0.15, 0.2) is 34.7 Å². The van der Waals surface area contributed by atoms with Gasteiger partial charge in [0.1, 0.15) is 47.9 Å². The van der Waals surface area contributed by atoms with E-state index in [0.717, 1.165) is 48.2 Å². The lowest BCUT2D eigenvalue weighted by atomic mass is 10.1. The van der Waals surface area contributed by atoms with E-state index >= 15 is 0 Å². The lowest BCUT2D eigenvalue weighted by molar-refractivity contribution is 0.0960. The van der Waals surface area contributed by atoms with Crippen molar-refractivity contribution in [3.63, 3.8) is 0 Å². The van der Waals surface area contributed by atoms with Crippen LogP contribution in [0.2, 0.25) is 5.15 Å². The van der Waals surface area contributed by atoms with Crippen LogP contribution in [0.1, 0.15) is 57.8 Å². The smallest absolute Gasteiger partial charge is 0.184 e. The van der Waals surface area contributed by atoms with E-state index in [4.69, 9.17) is 26.8 Å². The van der Waals surface area contributed by atoms with Crippen molar-refractivity contribution in [1.29, 1.82) is 0 Å². The maximum Gasteiger partial charge on any atom is 0.184 e. The number of ketones is 2. The van der Waals surface area contributed by atoms with Crippen molar-refractivity contribution in [2.45, 2.75) is 39.5 Å². The number of hydrogen-bond donors (Lipinski definition) is 4. The van der Waals surface area contributed by atoms with Crippen LogP contribution in [0.3, 0.4) is 0 Å². The zero-order chi connectivity index (χ0) is 48.6. The molecule has 8 aromatic rings. The van der Waals surface area contributed by atoms with Crippen molar-refractivity contribution < 1.29 is 19.1 Å². The van der Waals surface area contributed by atoms with Crippen LogP contribution in [0.25, 0.3) is 22.8 Å². The summed E-state index contributed by atoms with van der Waals surface area (Å²) in [6, 6.07) is 18.3. The molecule has 5 N–H and O–H groups in total. The molecule has 0 unspecified atom stereocenters. The number of nitrogen functional groups attached to an aromatic ring is 1. The second-order valence-electron chi connectivity index (χ2n) is 16.2. The molecule has 0 bridgehead atoms. The average molecular weight is 949 g/mol. The molecule has 2 aromatic carbocycles. The summed E-state index contributed by atoms with van der Waals surface area (Å²) in [5.41, 5.74) is 12.2. The monoisotopic (exact) mass is 948 g/mol. The van der Waals surface area contributed by atoms with Gasteiger partial charge in [0, 0.05) is 67.9 Å². The summed E-state index contributed by atoms with van der Waals surface area (Å²) in [4.78, 5) is 58.7. The van der Waals surface area contributed by atoms with E-state index in [0.29, 0.717) is 79.6 Å². The van der Waals surface area contributed by atoms with Crippen LogP contribution >= 0.6 is 11.6 Å². The third-order valence-electron chi connectivity index (χ3n) is 10.7. The highest BCUT2D eigenvalue weighted by molar-refractivity contribution is 6.30. The van der Waals surface area contributed by atoms with Crippen LogP contribution < -0.4 is 31.2 Å². The average Bonchev–Trinajstić information content (AvgIpc) is 4.28. The molecule has 6 aromatic heterocycles. The Kier molecular flexibility index (Phi) is 14.4. The standard InChI is InChI=1S/C24H24N8O2.C19H18ClN5O2.C5H7N3/c1-14-9-20(27-12-26-14)30-21-10-19(17(11-25-21)22(33)15-7-8-15)29-18-6-4-5-16(23(18)34-3)24-28-13-32(2)31-24;1-25-10-22-19(24-25)12-4-3-5-14(18(12)27-2)23-15-8-16(20)21-9-13(15)17(26)11-6-7-11;1-4-2-5(6)8-3-7-4/h4-6,9-13,15H,7-8H2,1-3H3,(H2,25,26,27,29,30);3-5,8-11H,6-7H2,1-2H3,(H,21,23);2-3H,1H3,(H2,6,7,8). The summed E-state index contributed by atoms with van der Waals surface area (Å²) in [5.74, 6) is 4.27. The second-order valence-corrected chi connectivity index (χ2v) is 16.6. The van der Waals surface area contributed by atoms with Gasteiger partial charge in [0.25, 0.3) is 0 Å². The van der Waals surface area contributed by atoms with Gasteiger partial charge in [-0.05, 0) is 69.9 Å². The number of Topliss-reactive ketones (excluding diaryl/α,β-unsaturated/α-hetero) is 2. The number of nitrogens with two attached hydrogens (primary N) is 1. The van der Waals surface area contributed by atoms with Crippen molar-refractivity contribution in [3.05, 3.63) is 126 Å². The summed E-state index contributed by atoms with van der Waals surface area (Å²) < 4.78 is 14.6. The van der Waals surface area contributed by atoms with Gasteiger partial charge in [-0.2, -0.15) is 10.2 Å². The van der Waals surface area contributed by atoms with E-state index in [1.165, 1.54) is 18.9 Å². The third-order valence-corrected chi connectivity index (χ3v) is 11.0. The maximum atomic E-state index is 13.0. The predicted molar refractivity (Wildman–Crippen MR) is 261 cm³/mol. The van der Waals surface area contributed by atoms with Crippen LogP contribution in [0, 0.1) is 25.7 Å². The first-order valence-corrected chi connectivity index (χ1v) is 22.2. The molecule has 0 atom stereocenters. The Bertz CT molecular complexity index is 3120. The van der Waals surface area contributed by atoms with E-state index in [9.17, 15) is 9.59 Å². The van der Waals surface area contributed by atoms with Crippen molar-refractivity contribution in [3.8, 4) is 34.3 Å². The Morgan fingerprint density at radius 1 is 0.609 bits per heavy atom. The number of benzene rings is 2. The van der Waals surface area contributed by atoms with Gasteiger partial charge in [-0.1, -0.05) is 23.7 Å². The zero-order valence-corrected chi connectivity index (χ0v) is 39.4. The minimum Gasteiger partial charge on any atom is -0.494 e. The summed E-state index contributed by atoms with van der Waals surface area (Å²) in [5, 5.41) is 18.9. The molecule has 2 aliphatic carbocycles. The molecule has 21 heteroatoms. The van der Waals surface area contributed by atoms with Crippen LogP contribution in [0.4, 0.5) is 40.2 Å². The number of carbonyl (C=O) groups excluding carboxylic acids is 2. The molecule has 20 nitrogen and oxygen atoms in total. The molecule has 0 spiro atoms. The number of halogens is 1. The molecular formula is C48H49ClN16O4. The number of para-hydroxylation sites is 2. The molecule has 352 valence electrons.